The summed E-state index contributed by atoms with van der Waals surface area (Å²) in [4.78, 5) is 37.3. The molecule has 6 heteroatoms. The lowest BCUT2D eigenvalue weighted by Crippen LogP contribution is -2.10. The summed E-state index contributed by atoms with van der Waals surface area (Å²) in [6.07, 6.45) is 0. The van der Waals surface area contributed by atoms with E-state index in [1.807, 2.05) is 78.9 Å². The number of rotatable bonds is 0. The number of hydrogen-bond acceptors (Lipinski definition) is 4. The fourth-order valence-electron chi connectivity index (χ4n) is 6.06. The molecule has 9 rings (SSSR count). The third-order valence-corrected chi connectivity index (χ3v) is 7.59. The molecular formula is C30H14N4O2. The molecule has 0 spiro atoms. The van der Waals surface area contributed by atoms with Crippen molar-refractivity contribution in [2.24, 2.45) is 0 Å². The van der Waals surface area contributed by atoms with Crippen molar-refractivity contribution in [1.29, 1.82) is 0 Å². The fourth-order valence-corrected chi connectivity index (χ4v) is 6.06. The predicted molar refractivity (Wildman–Crippen MR) is 144 cm³/mol. The van der Waals surface area contributed by atoms with Crippen LogP contribution >= 0.6 is 0 Å². The van der Waals surface area contributed by atoms with E-state index in [9.17, 15) is 9.59 Å². The van der Waals surface area contributed by atoms with Crippen molar-refractivity contribution in [2.45, 2.75) is 0 Å². The maximum Gasteiger partial charge on any atom is 0.264 e. The van der Waals surface area contributed by atoms with Gasteiger partial charge in [-0.2, -0.15) is 0 Å². The third-order valence-electron chi connectivity index (χ3n) is 7.59. The zero-order chi connectivity index (χ0) is 23.7. The van der Waals surface area contributed by atoms with E-state index in [1.165, 1.54) is 0 Å². The van der Waals surface area contributed by atoms with Gasteiger partial charge >= 0.3 is 0 Å². The summed E-state index contributed by atoms with van der Waals surface area (Å²) < 4.78 is 3.35. The number of hydrogen-bond donors (Lipinski definition) is 0. The van der Waals surface area contributed by atoms with Crippen LogP contribution in [-0.4, -0.2) is 18.8 Å². The summed E-state index contributed by atoms with van der Waals surface area (Å²) in [6, 6.07) is 27.5. The van der Waals surface area contributed by atoms with Crippen molar-refractivity contribution in [2.75, 3.05) is 0 Å². The van der Waals surface area contributed by atoms with Crippen LogP contribution in [0.15, 0.2) is 94.5 Å². The van der Waals surface area contributed by atoms with Crippen molar-refractivity contribution in [3.63, 3.8) is 0 Å². The van der Waals surface area contributed by atoms with Gasteiger partial charge in [0.2, 0.25) is 0 Å². The lowest BCUT2D eigenvalue weighted by Gasteiger charge is -2.07. The number of aromatic nitrogens is 4. The molecule has 0 amide bonds. The Kier molecular flexibility index (Phi) is 3.01. The first-order valence-corrected chi connectivity index (χ1v) is 11.8. The maximum atomic E-state index is 13.7. The first kappa shape index (κ1) is 18.3. The van der Waals surface area contributed by atoms with Crippen LogP contribution in [0.1, 0.15) is 0 Å². The number of benzene rings is 5. The van der Waals surface area contributed by atoms with Crippen molar-refractivity contribution in [3.8, 4) is 0 Å². The minimum absolute atomic E-state index is 0.168. The number of fused-ring (bicyclic) bond motifs is 8. The van der Waals surface area contributed by atoms with Crippen molar-refractivity contribution < 1.29 is 0 Å². The molecule has 0 aliphatic rings. The normalized spacial score (nSPS) is 12.7. The van der Waals surface area contributed by atoms with Crippen LogP contribution in [0.4, 0.5) is 0 Å². The molecule has 0 bridgehead atoms. The van der Waals surface area contributed by atoms with Crippen LogP contribution in [0.3, 0.4) is 0 Å². The molecule has 0 saturated heterocycles. The smallest absolute Gasteiger partial charge is 0.264 e. The van der Waals surface area contributed by atoms with Gasteiger partial charge in [0.05, 0.1) is 32.8 Å². The Morgan fingerprint density at radius 3 is 1.39 bits per heavy atom. The van der Waals surface area contributed by atoms with Crippen LogP contribution in [0.5, 0.6) is 0 Å². The van der Waals surface area contributed by atoms with Gasteiger partial charge in [-0.15, -0.1) is 0 Å². The molecule has 0 N–H and O–H groups in total. The molecule has 6 nitrogen and oxygen atoms in total. The maximum absolute atomic E-state index is 13.7. The predicted octanol–water partition coefficient (Wildman–Crippen LogP) is 5.50. The van der Waals surface area contributed by atoms with E-state index in [2.05, 4.69) is 0 Å². The van der Waals surface area contributed by atoms with Gasteiger partial charge in [-0.3, -0.25) is 18.4 Å². The number of nitrogens with zero attached hydrogens (tertiary/aromatic N) is 4. The summed E-state index contributed by atoms with van der Waals surface area (Å²) >= 11 is 0. The largest absolute Gasteiger partial charge is 0.268 e. The molecule has 0 saturated carbocycles. The van der Waals surface area contributed by atoms with E-state index >= 15 is 0 Å². The molecule has 4 aromatic heterocycles. The minimum Gasteiger partial charge on any atom is -0.268 e. The quantitative estimate of drug-likeness (QED) is 0.299. The molecule has 36 heavy (non-hydrogen) atoms. The molecule has 0 aliphatic heterocycles. The average molecular weight is 462 g/mol. The van der Waals surface area contributed by atoms with Gasteiger partial charge in [-0.25, -0.2) is 9.97 Å². The summed E-state index contributed by atoms with van der Waals surface area (Å²) in [6.45, 7) is 0. The lowest BCUT2D eigenvalue weighted by atomic mass is 10.1. The van der Waals surface area contributed by atoms with E-state index in [1.54, 1.807) is 14.9 Å². The Morgan fingerprint density at radius 2 is 0.917 bits per heavy atom. The summed E-state index contributed by atoms with van der Waals surface area (Å²) in [5.74, 6) is 0. The van der Waals surface area contributed by atoms with Gasteiger partial charge < -0.3 is 0 Å². The summed E-state index contributed by atoms with van der Waals surface area (Å²) in [7, 11) is 0. The average Bonchev–Trinajstić information content (AvgIpc) is 3.34. The van der Waals surface area contributed by atoms with Gasteiger partial charge in [-0.1, -0.05) is 48.5 Å². The van der Waals surface area contributed by atoms with Crippen LogP contribution in [0, 0.1) is 0 Å². The molecule has 4 heterocycles. The third kappa shape index (κ3) is 1.97. The van der Waals surface area contributed by atoms with Gasteiger partial charge in [0.25, 0.3) is 11.1 Å². The Bertz CT molecular complexity index is 2340. The summed E-state index contributed by atoms with van der Waals surface area (Å²) in [5, 5.41) is 6.41. The second kappa shape index (κ2) is 5.93. The highest BCUT2D eigenvalue weighted by molar-refractivity contribution is 6.15. The molecular weight excluding hydrogens is 448 g/mol. The fraction of sp³-hybridized carbons (Fsp3) is 0. The van der Waals surface area contributed by atoms with Crippen LogP contribution < -0.4 is 11.1 Å². The standard InChI is InChI=1S/C30H14N4O2/c35-29-19-14-20-18(28-32-22-10-2-6-16-8-4-12-24(26(16)22)34(28)30(20)36)13-17(19)27-31-21-9-1-5-15-7-3-11-23(25(15)21)33(27)29/h1-14H. The molecule has 166 valence electrons. The van der Waals surface area contributed by atoms with Gasteiger partial charge in [0.15, 0.2) is 0 Å². The van der Waals surface area contributed by atoms with Crippen LogP contribution in [0.25, 0.3) is 76.5 Å². The SMILES string of the molecule is O=c1c2cc3c(=O)n4c5cccc6cccc(nc4c3cc2c2nc3cccc4cccc(c43)n12)c65. The first-order valence-electron chi connectivity index (χ1n) is 11.8. The Balaban J connectivity index is 1.55. The minimum atomic E-state index is -0.168. The second-order valence-corrected chi connectivity index (χ2v) is 9.40. The molecule has 0 radical (unpaired) electrons. The lowest BCUT2D eigenvalue weighted by molar-refractivity contribution is 1.17. The monoisotopic (exact) mass is 462 g/mol. The van der Waals surface area contributed by atoms with E-state index in [0.29, 0.717) is 22.1 Å². The Morgan fingerprint density at radius 1 is 0.500 bits per heavy atom. The molecule has 5 aromatic carbocycles. The molecule has 0 aliphatic carbocycles. The van der Waals surface area contributed by atoms with Crippen molar-refractivity contribution in [3.05, 3.63) is 106 Å². The van der Waals surface area contributed by atoms with E-state index in [4.69, 9.17) is 9.97 Å². The van der Waals surface area contributed by atoms with Gasteiger partial charge in [0.1, 0.15) is 11.3 Å². The molecule has 0 fully saturated rings. The second-order valence-electron chi connectivity index (χ2n) is 9.40. The Hall–Kier alpha value is -5.10. The van der Waals surface area contributed by atoms with Gasteiger partial charge in [0, 0.05) is 21.5 Å². The molecule has 0 unspecified atom stereocenters. The highest BCUT2D eigenvalue weighted by Gasteiger charge is 2.21. The summed E-state index contributed by atoms with van der Waals surface area (Å²) in [5.41, 5.74) is 4.16. The highest BCUT2D eigenvalue weighted by atomic mass is 16.1. The van der Waals surface area contributed by atoms with Crippen LogP contribution in [0.2, 0.25) is 0 Å². The molecule has 9 aromatic rings. The van der Waals surface area contributed by atoms with E-state index < -0.39 is 0 Å². The highest BCUT2D eigenvalue weighted by Crippen LogP contribution is 2.33. The van der Waals surface area contributed by atoms with Crippen molar-refractivity contribution in [1.82, 2.24) is 18.8 Å². The Labute approximate surface area is 200 Å². The van der Waals surface area contributed by atoms with Gasteiger partial charge in [-0.05, 0) is 47.2 Å². The zero-order valence-electron chi connectivity index (χ0n) is 18.7. The van der Waals surface area contributed by atoms with Crippen LogP contribution in [-0.2, 0) is 0 Å². The van der Waals surface area contributed by atoms with E-state index in [0.717, 1.165) is 54.4 Å². The first-order chi connectivity index (χ1) is 17.7. The molecule has 0 atom stereocenters. The van der Waals surface area contributed by atoms with Crippen molar-refractivity contribution >= 4 is 76.5 Å². The topological polar surface area (TPSA) is 68.7 Å². The zero-order valence-corrected chi connectivity index (χ0v) is 18.7. The van der Waals surface area contributed by atoms with E-state index in [-0.39, 0.29) is 11.1 Å².